The second-order valence-corrected chi connectivity index (χ2v) is 12.8. The highest BCUT2D eigenvalue weighted by Crippen LogP contribution is 2.31. The normalized spacial score (nSPS) is 19.2. The van der Waals surface area contributed by atoms with E-state index in [1.165, 1.54) is 32.1 Å². The number of hydrogen-bond donors (Lipinski definition) is 0. The van der Waals surface area contributed by atoms with Crippen LogP contribution in [0.3, 0.4) is 0 Å². The van der Waals surface area contributed by atoms with Gasteiger partial charge in [0.15, 0.2) is 5.58 Å². The molecule has 0 N–H and O–H groups in total. The van der Waals surface area contributed by atoms with Crippen molar-refractivity contribution >= 4 is 27.0 Å². The molecule has 1 aromatic heterocycles. The van der Waals surface area contributed by atoms with Crippen molar-refractivity contribution in [2.45, 2.75) is 23.8 Å². The first-order chi connectivity index (χ1) is 19.8. The Morgan fingerprint density at radius 2 is 1.51 bits per heavy atom. The van der Waals surface area contributed by atoms with E-state index in [1.807, 2.05) is 17.0 Å². The van der Waals surface area contributed by atoms with Gasteiger partial charge in [-0.05, 0) is 36.1 Å². The summed E-state index contributed by atoms with van der Waals surface area (Å²) >= 11 is 0. The summed E-state index contributed by atoms with van der Waals surface area (Å²) in [7, 11) is -2.28. The number of benzene rings is 3. The molecule has 2 saturated heterocycles. The van der Waals surface area contributed by atoms with Crippen LogP contribution in [0.5, 0.6) is 0 Å². The lowest BCUT2D eigenvalue weighted by atomic mass is 9.95. The second-order valence-electron chi connectivity index (χ2n) is 10.8. The molecule has 41 heavy (non-hydrogen) atoms. The van der Waals surface area contributed by atoms with Gasteiger partial charge in [-0.2, -0.15) is 4.31 Å². The minimum Gasteiger partial charge on any atom is -0.408 e. The zero-order valence-electron chi connectivity index (χ0n) is 23.1. The maximum Gasteiger partial charge on any atom is 0.419 e. The molecule has 0 saturated carbocycles. The highest BCUT2D eigenvalue weighted by Gasteiger charge is 2.37. The average molecular weight is 575 g/mol. The van der Waals surface area contributed by atoms with Crippen molar-refractivity contribution in [3.8, 4) is 0 Å². The van der Waals surface area contributed by atoms with E-state index < -0.39 is 15.8 Å². The molecule has 0 unspecified atom stereocenters. The first-order valence-electron chi connectivity index (χ1n) is 14.1. The molecule has 2 aliphatic rings. The van der Waals surface area contributed by atoms with Crippen molar-refractivity contribution in [2.24, 2.45) is 13.0 Å². The Kier molecular flexibility index (Phi) is 7.54. The fourth-order valence-corrected chi connectivity index (χ4v) is 7.67. The van der Waals surface area contributed by atoms with E-state index in [-0.39, 0.29) is 34.9 Å². The summed E-state index contributed by atoms with van der Waals surface area (Å²) in [4.78, 5) is 29.9. The van der Waals surface area contributed by atoms with Crippen LogP contribution in [-0.4, -0.2) is 72.3 Å². The largest absolute Gasteiger partial charge is 0.419 e. The quantitative estimate of drug-likeness (QED) is 0.350. The molecule has 2 aliphatic heterocycles. The summed E-state index contributed by atoms with van der Waals surface area (Å²) in [5.74, 6) is -0.912. The Bertz CT molecular complexity index is 1650. The van der Waals surface area contributed by atoms with Gasteiger partial charge < -0.3 is 9.32 Å². The predicted molar refractivity (Wildman–Crippen MR) is 156 cm³/mol. The Balaban J connectivity index is 1.14. The van der Waals surface area contributed by atoms with Crippen LogP contribution in [0.25, 0.3) is 11.1 Å². The van der Waals surface area contributed by atoms with Gasteiger partial charge in [0.2, 0.25) is 15.9 Å². The van der Waals surface area contributed by atoms with E-state index >= 15 is 0 Å². The fraction of sp³-hybridized carbons (Fsp3) is 0.355. The van der Waals surface area contributed by atoms with E-state index in [0.717, 1.165) is 13.1 Å². The van der Waals surface area contributed by atoms with Gasteiger partial charge in [0.05, 0.1) is 22.4 Å². The summed E-state index contributed by atoms with van der Waals surface area (Å²) in [6, 6.07) is 25.4. The van der Waals surface area contributed by atoms with Gasteiger partial charge in [-0.15, -0.1) is 0 Å². The van der Waals surface area contributed by atoms with E-state index in [1.54, 1.807) is 13.1 Å². The molecular formula is C31H34N4O5S. The smallest absolute Gasteiger partial charge is 0.408 e. The molecule has 4 aromatic rings. The summed E-state index contributed by atoms with van der Waals surface area (Å²) < 4.78 is 35.0. The number of sulfonamides is 1. The summed E-state index contributed by atoms with van der Waals surface area (Å²) in [5.41, 5.74) is 3.20. The number of aromatic nitrogens is 1. The van der Waals surface area contributed by atoms with Crippen LogP contribution in [-0.2, 0) is 21.9 Å². The molecule has 0 radical (unpaired) electrons. The Hall–Kier alpha value is -3.73. The second kappa shape index (κ2) is 11.3. The van der Waals surface area contributed by atoms with Gasteiger partial charge in [0, 0.05) is 52.4 Å². The summed E-state index contributed by atoms with van der Waals surface area (Å²) in [6.45, 7) is 3.17. The van der Waals surface area contributed by atoms with E-state index in [2.05, 4.69) is 53.4 Å². The zero-order chi connectivity index (χ0) is 28.6. The zero-order valence-corrected chi connectivity index (χ0v) is 23.9. The predicted octanol–water partition coefficient (Wildman–Crippen LogP) is 3.47. The van der Waals surface area contributed by atoms with Crippen molar-refractivity contribution in [1.82, 2.24) is 18.7 Å². The third-order valence-electron chi connectivity index (χ3n) is 8.36. The number of rotatable bonds is 6. The van der Waals surface area contributed by atoms with Gasteiger partial charge in [-0.3, -0.25) is 14.3 Å². The molecule has 214 valence electrons. The van der Waals surface area contributed by atoms with Crippen molar-refractivity contribution < 1.29 is 17.6 Å². The molecule has 1 atom stereocenters. The molecule has 0 aliphatic carbocycles. The van der Waals surface area contributed by atoms with Gasteiger partial charge >= 0.3 is 5.76 Å². The Morgan fingerprint density at radius 1 is 0.878 bits per heavy atom. The van der Waals surface area contributed by atoms with Crippen LogP contribution in [0.4, 0.5) is 0 Å². The molecule has 0 spiro atoms. The number of nitrogens with zero attached hydrogens (tertiary/aromatic N) is 4. The Labute approximate surface area is 239 Å². The van der Waals surface area contributed by atoms with Crippen LogP contribution >= 0.6 is 0 Å². The molecular weight excluding hydrogens is 540 g/mol. The fourth-order valence-electron chi connectivity index (χ4n) is 6.13. The van der Waals surface area contributed by atoms with Crippen LogP contribution in [0.2, 0.25) is 0 Å². The first-order valence-corrected chi connectivity index (χ1v) is 15.5. The lowest BCUT2D eigenvalue weighted by Gasteiger charge is -2.41. The van der Waals surface area contributed by atoms with Gasteiger partial charge in [-0.1, -0.05) is 60.7 Å². The summed E-state index contributed by atoms with van der Waals surface area (Å²) in [5, 5.41) is 0. The molecule has 10 heteroatoms. The van der Waals surface area contributed by atoms with Crippen molar-refractivity contribution in [2.75, 3.05) is 39.3 Å². The molecule has 2 fully saturated rings. The van der Waals surface area contributed by atoms with Crippen molar-refractivity contribution in [1.29, 1.82) is 0 Å². The minimum atomic E-state index is -3.85. The lowest BCUT2D eigenvalue weighted by Crippen LogP contribution is -2.53. The number of oxazole rings is 1. The number of carbonyl (C=O) groups is 1. The summed E-state index contributed by atoms with van der Waals surface area (Å²) in [6.07, 6.45) is 1.27. The maximum absolute atomic E-state index is 13.6. The van der Waals surface area contributed by atoms with E-state index in [0.29, 0.717) is 38.0 Å². The number of piperidine rings is 1. The van der Waals surface area contributed by atoms with Crippen LogP contribution in [0.15, 0.2) is 93.0 Å². The van der Waals surface area contributed by atoms with E-state index in [9.17, 15) is 18.0 Å². The van der Waals surface area contributed by atoms with Gasteiger partial charge in [-0.25, -0.2) is 13.2 Å². The minimum absolute atomic E-state index is 0.0185. The standard InChI is InChI=1S/C31H34N4O5S/c1-32-27-15-14-26(21-28(27)40-31(32)37)41(38,39)35-16-8-13-25(22-35)30(36)34-19-17-33(18-20-34)29(23-9-4-2-5-10-23)24-11-6-3-7-12-24/h2-7,9-12,14-15,21,25,29H,8,13,16-20,22H2,1H3/t25-/m1/s1. The number of hydrogen-bond acceptors (Lipinski definition) is 6. The lowest BCUT2D eigenvalue weighted by molar-refractivity contribution is -0.138. The third kappa shape index (κ3) is 5.35. The molecule has 0 bridgehead atoms. The van der Waals surface area contributed by atoms with Crippen LogP contribution < -0.4 is 5.76 Å². The van der Waals surface area contributed by atoms with Gasteiger partial charge in [0.1, 0.15) is 0 Å². The number of amides is 1. The number of piperazine rings is 1. The van der Waals surface area contributed by atoms with Crippen molar-refractivity contribution in [3.05, 3.63) is 101 Å². The number of carbonyl (C=O) groups excluding carboxylic acids is 1. The maximum atomic E-state index is 13.6. The van der Waals surface area contributed by atoms with Crippen LogP contribution in [0.1, 0.15) is 30.0 Å². The first kappa shape index (κ1) is 27.4. The van der Waals surface area contributed by atoms with Crippen molar-refractivity contribution in [3.63, 3.8) is 0 Å². The van der Waals surface area contributed by atoms with Crippen LogP contribution in [0, 0.1) is 5.92 Å². The third-order valence-corrected chi connectivity index (χ3v) is 10.2. The number of fused-ring (bicyclic) bond motifs is 1. The molecule has 6 rings (SSSR count). The molecule has 3 aromatic carbocycles. The monoisotopic (exact) mass is 574 g/mol. The highest BCUT2D eigenvalue weighted by atomic mass is 32.2. The van der Waals surface area contributed by atoms with Gasteiger partial charge in [0.25, 0.3) is 0 Å². The topological polar surface area (TPSA) is 96.1 Å². The molecule has 9 nitrogen and oxygen atoms in total. The highest BCUT2D eigenvalue weighted by molar-refractivity contribution is 7.89. The Morgan fingerprint density at radius 3 is 2.15 bits per heavy atom. The number of aryl methyl sites for hydroxylation is 1. The molecule has 1 amide bonds. The average Bonchev–Trinajstić information content (AvgIpc) is 3.30. The SMILES string of the molecule is Cn1c(=O)oc2cc(S(=O)(=O)N3CCC[C@@H](C(=O)N4CCN(C(c5ccccc5)c5ccccc5)CC4)C3)ccc21. The molecule has 3 heterocycles. The van der Waals surface area contributed by atoms with E-state index in [4.69, 9.17) is 4.42 Å².